The van der Waals surface area contributed by atoms with Crippen LogP contribution < -0.4 is 5.73 Å². The fourth-order valence-corrected chi connectivity index (χ4v) is 1.48. The normalized spacial score (nSPS) is 11.1. The maximum atomic E-state index is 12.6. The first-order valence-electron chi connectivity index (χ1n) is 5.11. The maximum absolute atomic E-state index is 12.6. The van der Waals surface area contributed by atoms with Crippen LogP contribution in [0.5, 0.6) is 0 Å². The van der Waals surface area contributed by atoms with Gasteiger partial charge in [0, 0.05) is 18.9 Å². The maximum Gasteiger partial charge on any atom is 0.267 e. The van der Waals surface area contributed by atoms with Crippen molar-refractivity contribution in [3.63, 3.8) is 0 Å². The van der Waals surface area contributed by atoms with Gasteiger partial charge in [0.05, 0.1) is 11.3 Å². The van der Waals surface area contributed by atoms with E-state index in [1.807, 2.05) is 0 Å². The molecule has 0 spiro atoms. The van der Waals surface area contributed by atoms with Gasteiger partial charge < -0.3 is 5.73 Å². The van der Waals surface area contributed by atoms with E-state index in [4.69, 9.17) is 5.73 Å². The molecule has 0 aliphatic rings. The van der Waals surface area contributed by atoms with Gasteiger partial charge in [-0.3, -0.25) is 0 Å². The van der Waals surface area contributed by atoms with E-state index in [9.17, 15) is 8.78 Å². The van der Waals surface area contributed by atoms with Gasteiger partial charge in [-0.25, -0.2) is 18.4 Å². The fraction of sp³-hybridized carbons (Fsp3) is 0.273. The summed E-state index contributed by atoms with van der Waals surface area (Å²) in [4.78, 5) is 4.11. The van der Waals surface area contributed by atoms with Gasteiger partial charge in [0.1, 0.15) is 0 Å². The van der Waals surface area contributed by atoms with Crippen LogP contribution >= 0.6 is 0 Å². The smallest absolute Gasteiger partial charge is 0.267 e. The number of alkyl halides is 2. The van der Waals surface area contributed by atoms with E-state index < -0.39 is 6.43 Å². The molecule has 2 aromatic rings. The Hall–Kier alpha value is -1.82. The molecule has 0 atom stereocenters. The molecule has 2 N–H and O–H groups in total. The number of nitrogens with zero attached hydrogens (tertiary/aromatic N) is 3. The Morgan fingerprint density at radius 2 is 2.18 bits per heavy atom. The third-order valence-corrected chi connectivity index (χ3v) is 2.45. The highest BCUT2D eigenvalue weighted by Gasteiger charge is 2.15. The molecule has 0 fully saturated rings. The summed E-state index contributed by atoms with van der Waals surface area (Å²) in [6, 6.07) is 3.49. The number of halogens is 2. The lowest BCUT2D eigenvalue weighted by molar-refractivity contribution is 0.150. The van der Waals surface area contributed by atoms with Crippen molar-refractivity contribution >= 4 is 0 Å². The van der Waals surface area contributed by atoms with Crippen LogP contribution in [0.3, 0.4) is 0 Å². The molecule has 0 amide bonds. The van der Waals surface area contributed by atoms with Crippen LogP contribution in [0.15, 0.2) is 24.5 Å². The van der Waals surface area contributed by atoms with Crippen molar-refractivity contribution < 1.29 is 8.78 Å². The Morgan fingerprint density at radius 3 is 2.65 bits per heavy atom. The molecule has 2 rings (SSSR count). The minimum absolute atomic E-state index is 0.0744. The Morgan fingerprint density at radius 1 is 1.41 bits per heavy atom. The molecule has 0 aliphatic heterocycles. The number of hydrogen-bond acceptors (Lipinski definition) is 3. The molecule has 2 aromatic heterocycles. The molecule has 0 radical (unpaired) electrons. The Labute approximate surface area is 97.1 Å². The zero-order chi connectivity index (χ0) is 12.4. The van der Waals surface area contributed by atoms with Crippen LogP contribution in [0.2, 0.25) is 0 Å². The van der Waals surface area contributed by atoms with Crippen LogP contribution in [-0.4, -0.2) is 14.8 Å². The van der Waals surface area contributed by atoms with Gasteiger partial charge in [-0.15, -0.1) is 0 Å². The largest absolute Gasteiger partial charge is 0.326 e. The number of hydrogen-bond donors (Lipinski definition) is 1. The van der Waals surface area contributed by atoms with E-state index in [1.165, 1.54) is 10.9 Å². The van der Waals surface area contributed by atoms with Crippen LogP contribution in [-0.2, 0) is 6.54 Å². The van der Waals surface area contributed by atoms with Gasteiger partial charge in [-0.05, 0) is 18.6 Å². The zero-order valence-electron chi connectivity index (χ0n) is 9.27. The quantitative estimate of drug-likeness (QED) is 0.889. The second-order valence-electron chi connectivity index (χ2n) is 3.64. The van der Waals surface area contributed by atoms with Crippen molar-refractivity contribution in [1.82, 2.24) is 14.8 Å². The summed E-state index contributed by atoms with van der Waals surface area (Å²) >= 11 is 0. The first kappa shape index (κ1) is 11.7. The lowest BCUT2D eigenvalue weighted by Gasteiger charge is -2.01. The van der Waals surface area contributed by atoms with Gasteiger partial charge in [-0.2, -0.15) is 5.10 Å². The molecule has 2 heterocycles. The van der Waals surface area contributed by atoms with E-state index in [2.05, 4.69) is 10.1 Å². The average Bonchev–Trinajstić information content (AvgIpc) is 2.71. The van der Waals surface area contributed by atoms with E-state index in [-0.39, 0.29) is 5.56 Å². The van der Waals surface area contributed by atoms with Crippen LogP contribution in [0.4, 0.5) is 8.78 Å². The van der Waals surface area contributed by atoms with E-state index in [1.54, 1.807) is 25.3 Å². The van der Waals surface area contributed by atoms with Gasteiger partial charge in [0.25, 0.3) is 6.43 Å². The third-order valence-electron chi connectivity index (χ3n) is 2.45. The zero-order valence-corrected chi connectivity index (χ0v) is 9.27. The van der Waals surface area contributed by atoms with Crippen molar-refractivity contribution in [2.24, 2.45) is 5.73 Å². The van der Waals surface area contributed by atoms with Gasteiger partial charge >= 0.3 is 0 Å². The minimum atomic E-state index is -2.52. The summed E-state index contributed by atoms with van der Waals surface area (Å²) in [5.41, 5.74) is 6.56. The molecule has 17 heavy (non-hydrogen) atoms. The number of aryl methyl sites for hydroxylation is 1. The molecule has 90 valence electrons. The SMILES string of the molecule is Cc1nn(-c2ccc(CN)cn2)cc1C(F)F. The molecule has 0 bridgehead atoms. The lowest BCUT2D eigenvalue weighted by Crippen LogP contribution is -2.01. The molecule has 0 saturated carbocycles. The summed E-state index contributed by atoms with van der Waals surface area (Å²) in [5.74, 6) is 0.497. The Balaban J connectivity index is 2.36. The van der Waals surface area contributed by atoms with Crippen molar-refractivity contribution in [3.8, 4) is 5.82 Å². The monoisotopic (exact) mass is 238 g/mol. The van der Waals surface area contributed by atoms with Gasteiger partial charge in [0.15, 0.2) is 5.82 Å². The Kier molecular flexibility index (Phi) is 3.14. The van der Waals surface area contributed by atoms with Gasteiger partial charge in [-0.1, -0.05) is 6.07 Å². The van der Waals surface area contributed by atoms with Gasteiger partial charge in [0.2, 0.25) is 0 Å². The predicted octanol–water partition coefficient (Wildman–Crippen LogP) is 1.97. The molecule has 6 heteroatoms. The van der Waals surface area contributed by atoms with Crippen LogP contribution in [0.1, 0.15) is 23.2 Å². The second kappa shape index (κ2) is 4.58. The highest BCUT2D eigenvalue weighted by atomic mass is 19.3. The van der Waals surface area contributed by atoms with Crippen molar-refractivity contribution in [2.45, 2.75) is 19.9 Å². The van der Waals surface area contributed by atoms with E-state index >= 15 is 0 Å². The van der Waals surface area contributed by atoms with Crippen LogP contribution in [0, 0.1) is 6.92 Å². The molecular weight excluding hydrogens is 226 g/mol. The first-order chi connectivity index (χ1) is 8.11. The topological polar surface area (TPSA) is 56.7 Å². The highest BCUT2D eigenvalue weighted by molar-refractivity contribution is 5.28. The van der Waals surface area contributed by atoms with E-state index in [0.29, 0.717) is 18.1 Å². The molecular formula is C11H12F2N4. The average molecular weight is 238 g/mol. The molecule has 0 saturated heterocycles. The summed E-state index contributed by atoms with van der Waals surface area (Å²) in [5, 5.41) is 4.00. The third kappa shape index (κ3) is 2.31. The number of rotatable bonds is 3. The summed E-state index contributed by atoms with van der Waals surface area (Å²) in [6.45, 7) is 1.94. The van der Waals surface area contributed by atoms with Crippen molar-refractivity contribution in [2.75, 3.05) is 0 Å². The number of nitrogens with two attached hydrogens (primary N) is 1. The van der Waals surface area contributed by atoms with Crippen LogP contribution in [0.25, 0.3) is 5.82 Å². The van der Waals surface area contributed by atoms with Crippen molar-refractivity contribution in [1.29, 1.82) is 0 Å². The fourth-order valence-electron chi connectivity index (χ4n) is 1.48. The molecule has 0 aliphatic carbocycles. The summed E-state index contributed by atoms with van der Waals surface area (Å²) in [7, 11) is 0. The molecule has 0 aromatic carbocycles. The van der Waals surface area contributed by atoms with Crippen molar-refractivity contribution in [3.05, 3.63) is 41.3 Å². The molecule has 4 nitrogen and oxygen atoms in total. The summed E-state index contributed by atoms with van der Waals surface area (Å²) in [6.07, 6.45) is 0.380. The Bertz CT molecular complexity index is 505. The lowest BCUT2D eigenvalue weighted by atomic mass is 10.3. The standard InChI is InChI=1S/C11H12F2N4/c1-7-9(11(12)13)6-17(16-7)10-3-2-8(4-14)5-15-10/h2-3,5-6,11H,4,14H2,1H3. The van der Waals surface area contributed by atoms with E-state index in [0.717, 1.165) is 5.56 Å². The summed E-state index contributed by atoms with van der Waals surface area (Å²) < 4.78 is 26.5. The number of pyridine rings is 1. The second-order valence-corrected chi connectivity index (χ2v) is 3.64. The first-order valence-corrected chi connectivity index (χ1v) is 5.11. The molecule has 0 unspecified atom stereocenters. The highest BCUT2D eigenvalue weighted by Crippen LogP contribution is 2.22. The minimum Gasteiger partial charge on any atom is -0.326 e. The predicted molar refractivity (Wildman–Crippen MR) is 58.9 cm³/mol. The number of aromatic nitrogens is 3.